The van der Waals surface area contributed by atoms with Gasteiger partial charge < -0.3 is 10.2 Å². The Hall–Kier alpha value is -2.18. The Morgan fingerprint density at radius 1 is 1.25 bits per heavy atom. The van der Waals surface area contributed by atoms with Crippen molar-refractivity contribution in [2.75, 3.05) is 7.05 Å². The number of fused-ring (bicyclic) bond motifs is 3. The van der Waals surface area contributed by atoms with Crippen molar-refractivity contribution in [3.05, 3.63) is 40.9 Å². The molecule has 3 atom stereocenters. The number of thiophene rings is 1. The Morgan fingerprint density at radius 2 is 2.04 bits per heavy atom. The van der Waals surface area contributed by atoms with Crippen molar-refractivity contribution in [2.45, 2.75) is 57.2 Å². The highest BCUT2D eigenvalue weighted by Crippen LogP contribution is 2.33. The number of benzene rings is 1. The molecule has 28 heavy (non-hydrogen) atoms. The quantitative estimate of drug-likeness (QED) is 0.694. The van der Waals surface area contributed by atoms with Crippen molar-refractivity contribution in [2.24, 2.45) is 0 Å². The van der Waals surface area contributed by atoms with Gasteiger partial charge in [0.2, 0.25) is 0 Å². The third kappa shape index (κ3) is 3.14. The number of aromatic nitrogens is 2. The first-order valence-electron chi connectivity index (χ1n) is 10.1. The summed E-state index contributed by atoms with van der Waals surface area (Å²) in [6, 6.07) is 9.82. The highest BCUT2D eigenvalue weighted by atomic mass is 32.1. The van der Waals surface area contributed by atoms with Crippen LogP contribution < -0.4 is 5.32 Å². The van der Waals surface area contributed by atoms with Crippen LogP contribution in [0.1, 0.15) is 48.2 Å². The van der Waals surface area contributed by atoms with E-state index in [9.17, 15) is 4.79 Å². The lowest BCUT2D eigenvalue weighted by molar-refractivity contribution is 0.0462. The van der Waals surface area contributed by atoms with Crippen LogP contribution in [0.15, 0.2) is 29.6 Å². The van der Waals surface area contributed by atoms with E-state index in [2.05, 4.69) is 58.0 Å². The van der Waals surface area contributed by atoms with Crippen LogP contribution in [0.4, 0.5) is 0 Å². The molecule has 0 radical (unpaired) electrons. The molecule has 146 valence electrons. The molecule has 0 aliphatic carbocycles. The maximum atomic E-state index is 13.0. The molecule has 3 aromatic rings. The summed E-state index contributed by atoms with van der Waals surface area (Å²) in [4.78, 5) is 16.8. The normalized spacial score (nSPS) is 25.1. The zero-order chi connectivity index (χ0) is 19.3. The predicted octanol–water partition coefficient (Wildman–Crippen LogP) is 4.34. The third-order valence-corrected chi connectivity index (χ3v) is 7.57. The van der Waals surface area contributed by atoms with E-state index < -0.39 is 0 Å². The van der Waals surface area contributed by atoms with Crippen LogP contribution >= 0.6 is 11.3 Å². The number of carbonyl (C=O) groups is 1. The van der Waals surface area contributed by atoms with E-state index in [1.807, 2.05) is 6.07 Å². The molecule has 6 heteroatoms. The summed E-state index contributed by atoms with van der Waals surface area (Å²) in [6.07, 6.45) is 5.89. The van der Waals surface area contributed by atoms with Crippen LogP contribution in [0.3, 0.4) is 0 Å². The summed E-state index contributed by atoms with van der Waals surface area (Å²) in [6.45, 7) is 2.10. The summed E-state index contributed by atoms with van der Waals surface area (Å²) >= 11 is 1.73. The summed E-state index contributed by atoms with van der Waals surface area (Å²) in [5.74, 6) is -0.0570. The number of H-pyrrole nitrogens is 1. The number of amides is 1. The highest BCUT2D eigenvalue weighted by molar-refractivity contribution is 7.13. The molecule has 2 N–H and O–H groups in total. The highest BCUT2D eigenvalue weighted by Gasteiger charge is 2.36. The topological polar surface area (TPSA) is 61.0 Å². The molecule has 1 amide bonds. The Balaban J connectivity index is 1.39. The minimum absolute atomic E-state index is 0.0570. The van der Waals surface area contributed by atoms with E-state index in [1.165, 1.54) is 29.7 Å². The largest absolute Gasteiger partial charge is 0.348 e. The lowest BCUT2D eigenvalue weighted by Crippen LogP contribution is -2.55. The van der Waals surface area contributed by atoms with E-state index in [1.54, 1.807) is 11.3 Å². The smallest absolute Gasteiger partial charge is 0.272 e. The molecule has 2 aliphatic rings. The lowest BCUT2D eigenvalue weighted by atomic mass is 9.82. The molecular formula is C22H26N4OS. The van der Waals surface area contributed by atoms with Gasteiger partial charge in [0.25, 0.3) is 5.91 Å². The first-order valence-corrected chi connectivity index (χ1v) is 11.0. The zero-order valence-electron chi connectivity index (χ0n) is 16.4. The molecule has 0 spiro atoms. The van der Waals surface area contributed by atoms with E-state index in [0.717, 1.165) is 29.3 Å². The molecule has 2 saturated heterocycles. The van der Waals surface area contributed by atoms with Crippen molar-refractivity contribution in [3.8, 4) is 10.4 Å². The van der Waals surface area contributed by atoms with Crippen LogP contribution in [0.2, 0.25) is 0 Å². The predicted molar refractivity (Wildman–Crippen MR) is 114 cm³/mol. The number of hydrogen-bond acceptors (Lipinski definition) is 4. The third-order valence-electron chi connectivity index (χ3n) is 6.47. The minimum atomic E-state index is -0.0570. The molecule has 1 unspecified atom stereocenters. The van der Waals surface area contributed by atoms with Gasteiger partial charge in [-0.1, -0.05) is 12.5 Å². The summed E-state index contributed by atoms with van der Waals surface area (Å²) < 4.78 is 0. The minimum Gasteiger partial charge on any atom is -0.348 e. The number of rotatable bonds is 3. The summed E-state index contributed by atoms with van der Waals surface area (Å²) in [5.41, 5.74) is 3.81. The Labute approximate surface area is 169 Å². The average molecular weight is 395 g/mol. The van der Waals surface area contributed by atoms with Crippen LogP contribution in [-0.2, 0) is 0 Å². The second-order valence-corrected chi connectivity index (χ2v) is 9.28. The van der Waals surface area contributed by atoms with E-state index in [-0.39, 0.29) is 11.9 Å². The van der Waals surface area contributed by atoms with Gasteiger partial charge >= 0.3 is 0 Å². The Kier molecular flexibility index (Phi) is 4.48. The van der Waals surface area contributed by atoms with Gasteiger partial charge in [-0.25, -0.2) is 0 Å². The number of aryl methyl sites for hydroxylation is 1. The number of carbonyl (C=O) groups excluding carboxylic acids is 1. The summed E-state index contributed by atoms with van der Waals surface area (Å²) in [7, 11) is 2.24. The molecule has 1 aromatic carbocycles. The zero-order valence-corrected chi connectivity index (χ0v) is 17.2. The average Bonchev–Trinajstić information content (AvgIpc) is 3.28. The van der Waals surface area contributed by atoms with Gasteiger partial charge in [0.15, 0.2) is 5.69 Å². The van der Waals surface area contributed by atoms with E-state index in [4.69, 9.17) is 0 Å². The van der Waals surface area contributed by atoms with Gasteiger partial charge in [-0.2, -0.15) is 5.10 Å². The molecule has 2 fully saturated rings. The van der Waals surface area contributed by atoms with Crippen LogP contribution in [0.5, 0.6) is 0 Å². The number of nitrogens with zero attached hydrogens (tertiary/aromatic N) is 2. The van der Waals surface area contributed by atoms with Crippen molar-refractivity contribution in [3.63, 3.8) is 0 Å². The maximum absolute atomic E-state index is 13.0. The first kappa shape index (κ1) is 17.9. The van der Waals surface area contributed by atoms with Crippen LogP contribution in [0.25, 0.3) is 21.3 Å². The first-order chi connectivity index (χ1) is 13.6. The van der Waals surface area contributed by atoms with Gasteiger partial charge in [0.05, 0.1) is 5.52 Å². The van der Waals surface area contributed by atoms with Gasteiger partial charge in [-0.15, -0.1) is 11.3 Å². The second kappa shape index (κ2) is 7.01. The lowest BCUT2D eigenvalue weighted by Gasteiger charge is -2.47. The number of hydrogen-bond donors (Lipinski definition) is 2. The van der Waals surface area contributed by atoms with Crippen molar-refractivity contribution in [1.29, 1.82) is 0 Å². The van der Waals surface area contributed by atoms with Gasteiger partial charge in [0, 0.05) is 28.4 Å². The fraction of sp³-hybridized carbons (Fsp3) is 0.455. The molecular weight excluding hydrogens is 368 g/mol. The number of piperidine rings is 2. The Bertz CT molecular complexity index is 1010. The standard InChI is InChI=1S/C22H26N4OS/c1-13-8-20(28-12-13)14-6-7-19-18(9-14)21(25-24-19)22(27)23-15-10-16-4-3-5-17(11-15)26(16)2/h6-9,12,15-17H,3-5,10-11H2,1-2H3,(H,23,27)(H,24,25)/t15?,16-,17+. The van der Waals surface area contributed by atoms with Crippen LogP contribution in [0, 0.1) is 6.92 Å². The second-order valence-electron chi connectivity index (χ2n) is 8.37. The molecule has 2 bridgehead atoms. The maximum Gasteiger partial charge on any atom is 0.272 e. The van der Waals surface area contributed by atoms with Crippen molar-refractivity contribution < 1.29 is 4.79 Å². The molecule has 5 rings (SSSR count). The fourth-order valence-electron chi connectivity index (χ4n) is 4.91. The van der Waals surface area contributed by atoms with Crippen molar-refractivity contribution in [1.82, 2.24) is 20.4 Å². The SMILES string of the molecule is Cc1csc(-c2ccc3[nH]nc(C(=O)NC4C[C@H]5CCC[C@@H](C4)N5C)c3c2)c1. The molecule has 0 saturated carbocycles. The molecule has 5 nitrogen and oxygen atoms in total. The van der Waals surface area contributed by atoms with E-state index >= 15 is 0 Å². The molecule has 2 aliphatic heterocycles. The van der Waals surface area contributed by atoms with Gasteiger partial charge in [0.1, 0.15) is 0 Å². The van der Waals surface area contributed by atoms with Crippen LogP contribution in [-0.4, -0.2) is 46.2 Å². The number of nitrogens with one attached hydrogen (secondary N) is 2. The monoisotopic (exact) mass is 394 g/mol. The van der Waals surface area contributed by atoms with Gasteiger partial charge in [-0.3, -0.25) is 9.89 Å². The Morgan fingerprint density at radius 3 is 2.75 bits per heavy atom. The van der Waals surface area contributed by atoms with E-state index in [0.29, 0.717) is 17.8 Å². The molecule has 4 heterocycles. The van der Waals surface area contributed by atoms with Crippen molar-refractivity contribution >= 4 is 28.1 Å². The molecule has 2 aromatic heterocycles. The number of aromatic amines is 1. The summed E-state index contributed by atoms with van der Waals surface area (Å²) in [5, 5.41) is 13.7. The fourth-order valence-corrected chi connectivity index (χ4v) is 5.81. The van der Waals surface area contributed by atoms with Gasteiger partial charge in [-0.05, 0) is 74.4 Å².